The van der Waals surface area contributed by atoms with Crippen LogP contribution in [0, 0.1) is 0 Å². The lowest BCUT2D eigenvalue weighted by molar-refractivity contribution is -0.374. The number of halogens is 1. The summed E-state index contributed by atoms with van der Waals surface area (Å²) in [5.41, 5.74) is -0.417. The van der Waals surface area contributed by atoms with E-state index in [9.17, 15) is 25.2 Å². The topological polar surface area (TPSA) is 128 Å². The molecule has 0 aliphatic heterocycles. The van der Waals surface area contributed by atoms with Crippen molar-refractivity contribution in [2.45, 2.75) is 11.7 Å². The van der Waals surface area contributed by atoms with Crippen molar-refractivity contribution in [1.82, 2.24) is 5.32 Å². The maximum absolute atomic E-state index is 10.3. The van der Waals surface area contributed by atoms with Crippen molar-refractivity contribution in [3.8, 4) is 11.5 Å². The molecular formula is C11H14BrNO7. The molecule has 0 bridgehead atoms. The lowest BCUT2D eigenvalue weighted by Gasteiger charge is -2.35. The van der Waals surface area contributed by atoms with Crippen LogP contribution in [-0.4, -0.2) is 47.0 Å². The van der Waals surface area contributed by atoms with Crippen LogP contribution in [0.4, 0.5) is 0 Å². The molecule has 0 spiro atoms. The second-order valence-electron chi connectivity index (χ2n) is 3.79. The fourth-order valence-electron chi connectivity index (χ4n) is 1.50. The average Bonchev–Trinajstić information content (AvgIpc) is 2.37. The van der Waals surface area contributed by atoms with Crippen molar-refractivity contribution in [2.75, 3.05) is 14.2 Å². The molecule has 1 aromatic carbocycles. The zero-order chi connectivity index (χ0) is 15.6. The van der Waals surface area contributed by atoms with Gasteiger partial charge in [0.15, 0.2) is 0 Å². The lowest BCUT2D eigenvalue weighted by Crippen LogP contribution is -2.61. The maximum atomic E-state index is 10.3. The second-order valence-corrected chi connectivity index (χ2v) is 4.65. The number of carbonyl (C=O) groups excluding carboxylic acids is 1. The van der Waals surface area contributed by atoms with E-state index in [1.165, 1.54) is 25.6 Å². The Labute approximate surface area is 122 Å². The highest BCUT2D eigenvalue weighted by Crippen LogP contribution is 2.40. The molecule has 112 valence electrons. The highest BCUT2D eigenvalue weighted by Gasteiger charge is 2.51. The Morgan fingerprint density at radius 3 is 2.15 bits per heavy atom. The van der Waals surface area contributed by atoms with Crippen LogP contribution in [0.5, 0.6) is 11.5 Å². The minimum atomic E-state index is -3.33. The Hall–Kier alpha value is -1.39. The van der Waals surface area contributed by atoms with Crippen molar-refractivity contribution in [2.24, 2.45) is 0 Å². The summed E-state index contributed by atoms with van der Waals surface area (Å²) in [5.74, 6) is -6.45. The summed E-state index contributed by atoms with van der Waals surface area (Å²) in [6, 6.07) is 2.46. The van der Waals surface area contributed by atoms with Gasteiger partial charge in [-0.2, -0.15) is 0 Å². The minimum absolute atomic E-state index is 0.0668. The van der Waals surface area contributed by atoms with E-state index in [0.29, 0.717) is 4.47 Å². The van der Waals surface area contributed by atoms with E-state index < -0.39 is 17.3 Å². The van der Waals surface area contributed by atoms with Crippen molar-refractivity contribution >= 4 is 22.3 Å². The zero-order valence-electron chi connectivity index (χ0n) is 10.6. The molecular weight excluding hydrogens is 338 g/mol. The molecule has 0 aliphatic carbocycles. The summed E-state index contributed by atoms with van der Waals surface area (Å²) >= 11 is 3.17. The van der Waals surface area contributed by atoms with Gasteiger partial charge in [0.25, 0.3) is 5.79 Å². The van der Waals surface area contributed by atoms with Crippen molar-refractivity contribution in [1.29, 1.82) is 0 Å². The van der Waals surface area contributed by atoms with Gasteiger partial charge in [-0.1, -0.05) is 0 Å². The van der Waals surface area contributed by atoms with Crippen LogP contribution in [-0.2, 0) is 10.6 Å². The van der Waals surface area contributed by atoms with Gasteiger partial charge >= 0.3 is 5.91 Å². The van der Waals surface area contributed by atoms with Gasteiger partial charge in [0.05, 0.1) is 24.3 Å². The first kappa shape index (κ1) is 16.7. The smallest absolute Gasteiger partial charge is 0.308 e. The van der Waals surface area contributed by atoms with E-state index in [1.807, 2.05) is 0 Å². The molecule has 0 aromatic heterocycles. The van der Waals surface area contributed by atoms with Crippen LogP contribution < -0.4 is 14.8 Å². The quantitative estimate of drug-likeness (QED) is 0.328. The Morgan fingerprint density at radius 1 is 1.15 bits per heavy atom. The SMILES string of the molecule is COc1cc(C(O)(O)C(O)(O)NC=O)c(OC)cc1Br. The first-order valence-corrected chi connectivity index (χ1v) is 6.03. The van der Waals surface area contributed by atoms with Crippen LogP contribution >= 0.6 is 15.9 Å². The van der Waals surface area contributed by atoms with E-state index in [1.54, 1.807) is 0 Å². The van der Waals surface area contributed by atoms with Gasteiger partial charge in [0.2, 0.25) is 6.41 Å². The molecule has 9 heteroatoms. The number of carbonyl (C=O) groups is 1. The number of amides is 1. The first-order chi connectivity index (χ1) is 9.21. The normalized spacial score (nSPS) is 11.9. The molecule has 0 atom stereocenters. The predicted molar refractivity (Wildman–Crippen MR) is 69.7 cm³/mol. The number of hydrogen-bond donors (Lipinski definition) is 5. The highest BCUT2D eigenvalue weighted by atomic mass is 79.9. The van der Waals surface area contributed by atoms with Gasteiger partial charge in [-0.25, -0.2) is 0 Å². The Kier molecular flexibility index (Phi) is 4.95. The van der Waals surface area contributed by atoms with E-state index in [4.69, 9.17) is 9.47 Å². The third-order valence-corrected chi connectivity index (χ3v) is 3.22. The molecule has 0 aliphatic rings. The lowest BCUT2D eigenvalue weighted by atomic mass is 10.0. The molecule has 0 heterocycles. The molecule has 1 aromatic rings. The Balaban J connectivity index is 3.46. The van der Waals surface area contributed by atoms with Gasteiger partial charge in [-0.05, 0) is 28.1 Å². The summed E-state index contributed by atoms with van der Waals surface area (Å²) < 4.78 is 10.4. The van der Waals surface area contributed by atoms with E-state index in [-0.39, 0.29) is 17.9 Å². The van der Waals surface area contributed by atoms with Crippen LogP contribution in [0.1, 0.15) is 5.56 Å². The molecule has 0 fully saturated rings. The fourth-order valence-corrected chi connectivity index (χ4v) is 1.99. The number of nitrogens with one attached hydrogen (secondary N) is 1. The average molecular weight is 352 g/mol. The molecule has 0 radical (unpaired) electrons. The summed E-state index contributed by atoms with van der Waals surface area (Å²) in [5, 5.41) is 40.5. The Morgan fingerprint density at radius 2 is 1.70 bits per heavy atom. The van der Waals surface area contributed by atoms with Crippen molar-refractivity contribution in [3.05, 3.63) is 22.2 Å². The molecule has 0 unspecified atom stereocenters. The minimum Gasteiger partial charge on any atom is -0.496 e. The van der Waals surface area contributed by atoms with Crippen LogP contribution in [0.25, 0.3) is 0 Å². The molecule has 5 N–H and O–H groups in total. The number of methoxy groups -OCH3 is 2. The standard InChI is InChI=1S/C11H14BrNO7/c1-19-8-4-7(12)9(20-2)3-6(8)10(15,16)11(17,18)13-5-14/h3-5,15-18H,1-2H3,(H,13,14). The van der Waals surface area contributed by atoms with Gasteiger partial charge in [0.1, 0.15) is 11.5 Å². The van der Waals surface area contributed by atoms with Gasteiger partial charge < -0.3 is 35.2 Å². The van der Waals surface area contributed by atoms with Crippen LogP contribution in [0.2, 0.25) is 0 Å². The van der Waals surface area contributed by atoms with E-state index in [0.717, 1.165) is 6.07 Å². The molecule has 20 heavy (non-hydrogen) atoms. The summed E-state index contributed by atoms with van der Waals surface area (Å²) in [6.45, 7) is 0. The monoisotopic (exact) mass is 351 g/mol. The van der Waals surface area contributed by atoms with E-state index in [2.05, 4.69) is 15.9 Å². The third kappa shape index (κ3) is 2.86. The summed E-state index contributed by atoms with van der Waals surface area (Å²) in [6.07, 6.45) is -0.0935. The molecule has 0 saturated heterocycles. The summed E-state index contributed by atoms with van der Waals surface area (Å²) in [7, 11) is 2.58. The number of aliphatic hydroxyl groups is 4. The summed E-state index contributed by atoms with van der Waals surface area (Å²) in [4.78, 5) is 10.3. The second kappa shape index (κ2) is 5.94. The van der Waals surface area contributed by atoms with Crippen LogP contribution in [0.3, 0.4) is 0 Å². The highest BCUT2D eigenvalue weighted by molar-refractivity contribution is 9.10. The zero-order valence-corrected chi connectivity index (χ0v) is 12.2. The number of rotatable bonds is 6. The predicted octanol–water partition coefficient (Wildman–Crippen LogP) is -1.01. The van der Waals surface area contributed by atoms with Crippen molar-refractivity contribution in [3.63, 3.8) is 0 Å². The Bertz CT molecular complexity index is 504. The molecule has 8 nitrogen and oxygen atoms in total. The molecule has 0 saturated carbocycles. The fraction of sp³-hybridized carbons (Fsp3) is 0.364. The van der Waals surface area contributed by atoms with Crippen molar-refractivity contribution < 1.29 is 34.7 Å². The molecule has 1 rings (SSSR count). The van der Waals surface area contributed by atoms with Crippen LogP contribution in [0.15, 0.2) is 16.6 Å². The number of benzene rings is 1. The van der Waals surface area contributed by atoms with E-state index >= 15 is 0 Å². The largest absolute Gasteiger partial charge is 0.496 e. The van der Waals surface area contributed by atoms with Gasteiger partial charge in [-0.3, -0.25) is 4.79 Å². The third-order valence-electron chi connectivity index (χ3n) is 2.60. The van der Waals surface area contributed by atoms with Gasteiger partial charge in [-0.15, -0.1) is 0 Å². The first-order valence-electron chi connectivity index (χ1n) is 5.24. The number of hydrogen-bond acceptors (Lipinski definition) is 7. The van der Waals surface area contributed by atoms with Gasteiger partial charge in [0, 0.05) is 0 Å². The number of ether oxygens (including phenoxy) is 2. The molecule has 1 amide bonds. The maximum Gasteiger partial charge on any atom is 0.308 e.